The van der Waals surface area contributed by atoms with Crippen molar-refractivity contribution < 1.29 is 30.7 Å². The van der Waals surface area contributed by atoms with E-state index in [-0.39, 0.29) is 23.7 Å². The number of benzene rings is 2. The predicted molar refractivity (Wildman–Crippen MR) is 155 cm³/mol. The highest BCUT2D eigenvalue weighted by Gasteiger charge is 2.32. The van der Waals surface area contributed by atoms with Gasteiger partial charge in [0.2, 0.25) is 0 Å². The number of hydrogen-bond acceptors (Lipinski definition) is 9. The van der Waals surface area contributed by atoms with Gasteiger partial charge in [-0.05, 0) is 43.8 Å². The Hall–Kier alpha value is -3.43. The summed E-state index contributed by atoms with van der Waals surface area (Å²) in [5.74, 6) is 0.313. The number of likely N-dealkylation sites (tertiary alicyclic amines) is 1. The van der Waals surface area contributed by atoms with Crippen molar-refractivity contribution in [3.63, 3.8) is 0 Å². The number of sulfone groups is 1. The summed E-state index contributed by atoms with van der Waals surface area (Å²) in [5.41, 5.74) is 1.67. The molecule has 4 aromatic rings. The molecule has 15 heteroatoms. The van der Waals surface area contributed by atoms with Crippen LogP contribution in [0.3, 0.4) is 0 Å². The lowest BCUT2D eigenvalue weighted by Gasteiger charge is -2.33. The SMILES string of the molecule is COc1cc(S(C)(=O)=O)ccc1NCc1nnc(-c2cc3c(N[C@H]4CCN(C)C[C@@H]4F)cccc3n2CC(F)(F)F)s1. The number of nitrogens with zero attached hydrogens (tertiary/aromatic N) is 4. The van der Waals surface area contributed by atoms with Crippen molar-refractivity contribution in [2.45, 2.75) is 42.8 Å². The summed E-state index contributed by atoms with van der Waals surface area (Å²) in [6, 6.07) is 10.6. The van der Waals surface area contributed by atoms with Gasteiger partial charge in [0, 0.05) is 36.5 Å². The van der Waals surface area contributed by atoms with Crippen molar-refractivity contribution in [3.8, 4) is 16.5 Å². The highest BCUT2D eigenvalue weighted by molar-refractivity contribution is 7.90. The fourth-order valence-corrected chi connectivity index (χ4v) is 6.44. The number of methoxy groups -OCH3 is 1. The molecule has 226 valence electrons. The van der Waals surface area contributed by atoms with Crippen molar-refractivity contribution in [1.82, 2.24) is 19.7 Å². The molecule has 42 heavy (non-hydrogen) atoms. The second kappa shape index (κ2) is 11.7. The Balaban J connectivity index is 1.44. The van der Waals surface area contributed by atoms with E-state index in [2.05, 4.69) is 20.8 Å². The summed E-state index contributed by atoms with van der Waals surface area (Å²) in [6.45, 7) is -0.0636. The summed E-state index contributed by atoms with van der Waals surface area (Å²) in [5, 5.41) is 16.0. The molecule has 0 bridgehead atoms. The van der Waals surface area contributed by atoms with E-state index in [9.17, 15) is 26.0 Å². The molecule has 0 unspecified atom stereocenters. The summed E-state index contributed by atoms with van der Waals surface area (Å²) in [4.78, 5) is 2.01. The van der Waals surface area contributed by atoms with Gasteiger partial charge in [0.05, 0.1) is 41.5 Å². The van der Waals surface area contributed by atoms with Crippen molar-refractivity contribution >= 4 is 43.5 Å². The van der Waals surface area contributed by atoms with Crippen molar-refractivity contribution in [1.29, 1.82) is 0 Å². The third-order valence-electron chi connectivity index (χ3n) is 7.09. The van der Waals surface area contributed by atoms with Crippen LogP contribution in [-0.2, 0) is 22.9 Å². The first-order valence-corrected chi connectivity index (χ1v) is 15.8. The number of aromatic nitrogens is 3. The molecule has 2 N–H and O–H groups in total. The Bertz CT molecular complexity index is 1690. The molecule has 1 saturated heterocycles. The number of alkyl halides is 4. The molecule has 2 atom stereocenters. The molecule has 0 amide bonds. The van der Waals surface area contributed by atoms with Crippen LogP contribution in [0.4, 0.5) is 28.9 Å². The monoisotopic (exact) mass is 626 g/mol. The number of ether oxygens (including phenoxy) is 1. The fourth-order valence-electron chi connectivity index (χ4n) is 5.00. The summed E-state index contributed by atoms with van der Waals surface area (Å²) in [6.07, 6.45) is -3.94. The maximum Gasteiger partial charge on any atom is 0.406 e. The van der Waals surface area contributed by atoms with Gasteiger partial charge in [0.1, 0.15) is 23.5 Å². The molecule has 2 aromatic heterocycles. The minimum atomic E-state index is -4.49. The van der Waals surface area contributed by atoms with Crippen LogP contribution < -0.4 is 15.4 Å². The molecule has 1 aliphatic rings. The largest absolute Gasteiger partial charge is 0.495 e. The molecule has 0 saturated carbocycles. The van der Waals surface area contributed by atoms with Gasteiger partial charge in [-0.25, -0.2) is 12.8 Å². The molecular weight excluding hydrogens is 596 g/mol. The van der Waals surface area contributed by atoms with Gasteiger partial charge in [-0.15, -0.1) is 10.2 Å². The highest BCUT2D eigenvalue weighted by atomic mass is 32.2. The average molecular weight is 627 g/mol. The van der Waals surface area contributed by atoms with Crippen LogP contribution in [0, 0.1) is 0 Å². The van der Waals surface area contributed by atoms with Crippen LogP contribution in [0.25, 0.3) is 21.6 Å². The van der Waals surface area contributed by atoms with E-state index >= 15 is 0 Å². The Kier molecular flexibility index (Phi) is 8.36. The number of halogens is 4. The minimum absolute atomic E-state index is 0.104. The first-order valence-electron chi connectivity index (χ1n) is 13.1. The molecule has 9 nitrogen and oxygen atoms in total. The van der Waals surface area contributed by atoms with Gasteiger partial charge in [0.25, 0.3) is 0 Å². The third kappa shape index (κ3) is 6.63. The second-order valence-electron chi connectivity index (χ2n) is 10.3. The molecule has 0 radical (unpaired) electrons. The van der Waals surface area contributed by atoms with Gasteiger partial charge in [-0.3, -0.25) is 0 Å². The van der Waals surface area contributed by atoms with Crippen molar-refractivity contribution in [2.75, 3.05) is 44.1 Å². The zero-order valence-electron chi connectivity index (χ0n) is 23.1. The topological polar surface area (TPSA) is 101 Å². The zero-order chi connectivity index (χ0) is 30.2. The van der Waals surface area contributed by atoms with Crippen molar-refractivity contribution in [3.05, 3.63) is 47.5 Å². The lowest BCUT2D eigenvalue weighted by atomic mass is 10.0. The molecule has 2 aromatic carbocycles. The Morgan fingerprint density at radius 1 is 1.14 bits per heavy atom. The van der Waals surface area contributed by atoms with E-state index in [1.165, 1.54) is 19.2 Å². The van der Waals surface area contributed by atoms with Gasteiger partial charge in [-0.2, -0.15) is 13.2 Å². The quantitative estimate of drug-likeness (QED) is 0.245. The normalized spacial score (nSPS) is 18.4. The number of piperidine rings is 1. The summed E-state index contributed by atoms with van der Waals surface area (Å²) < 4.78 is 86.1. The molecular formula is C27H30F4N6O3S2. The van der Waals surface area contributed by atoms with Crippen LogP contribution in [0.1, 0.15) is 11.4 Å². The van der Waals surface area contributed by atoms with Gasteiger partial charge >= 0.3 is 6.18 Å². The Morgan fingerprint density at radius 2 is 1.93 bits per heavy atom. The second-order valence-corrected chi connectivity index (χ2v) is 13.4. The van der Waals surface area contributed by atoms with E-state index in [1.54, 1.807) is 30.3 Å². The van der Waals surface area contributed by atoms with Gasteiger partial charge < -0.3 is 24.8 Å². The van der Waals surface area contributed by atoms with E-state index in [4.69, 9.17) is 4.74 Å². The van der Waals surface area contributed by atoms with E-state index in [1.807, 2.05) is 11.9 Å². The number of anilines is 2. The zero-order valence-corrected chi connectivity index (χ0v) is 24.7. The average Bonchev–Trinajstić information content (AvgIpc) is 3.53. The van der Waals surface area contributed by atoms with Crippen LogP contribution in [0.15, 0.2) is 47.4 Å². The van der Waals surface area contributed by atoms with Crippen LogP contribution in [0.2, 0.25) is 0 Å². The summed E-state index contributed by atoms with van der Waals surface area (Å²) in [7, 11) is -0.160. The maximum absolute atomic E-state index is 14.8. The number of fused-ring (bicyclic) bond motifs is 1. The molecule has 0 spiro atoms. The van der Waals surface area contributed by atoms with Gasteiger partial charge in [0.15, 0.2) is 14.8 Å². The Morgan fingerprint density at radius 3 is 2.62 bits per heavy atom. The standard InChI is InChI=1S/C27H30F4N6O3S2/c1-36-10-9-20(18(28)14-36)33-19-5-4-6-22-17(19)12-23(37(22)15-27(29,30)31)26-35-34-25(41-26)13-32-21-8-7-16(42(3,38)39)11-24(21)40-2/h4-8,11-12,18,20,32-33H,9-10,13-15H2,1-3H3/t18-,20-/m0/s1. The number of hydrogen-bond donors (Lipinski definition) is 2. The van der Waals surface area contributed by atoms with Crippen LogP contribution in [-0.4, -0.2) is 80.0 Å². The first-order chi connectivity index (χ1) is 19.8. The van der Waals surface area contributed by atoms with E-state index in [0.29, 0.717) is 51.0 Å². The molecule has 3 heterocycles. The van der Waals surface area contributed by atoms with E-state index in [0.717, 1.165) is 22.2 Å². The first kappa shape index (κ1) is 30.0. The number of nitrogens with one attached hydrogen (secondary N) is 2. The molecule has 5 rings (SSSR count). The fraction of sp³-hybridized carbons (Fsp3) is 0.407. The summed E-state index contributed by atoms with van der Waals surface area (Å²) >= 11 is 1.13. The number of rotatable bonds is 9. The van der Waals surface area contributed by atoms with Crippen LogP contribution in [0.5, 0.6) is 5.75 Å². The molecule has 0 aliphatic carbocycles. The Labute approximate surface area is 244 Å². The van der Waals surface area contributed by atoms with E-state index < -0.39 is 34.8 Å². The third-order valence-corrected chi connectivity index (χ3v) is 9.14. The molecule has 1 aliphatic heterocycles. The highest BCUT2D eigenvalue weighted by Crippen LogP contribution is 2.37. The minimum Gasteiger partial charge on any atom is -0.495 e. The van der Waals surface area contributed by atoms with Crippen molar-refractivity contribution in [2.24, 2.45) is 0 Å². The lowest BCUT2D eigenvalue weighted by Crippen LogP contribution is -2.46. The van der Waals surface area contributed by atoms with Crippen LogP contribution >= 0.6 is 11.3 Å². The maximum atomic E-state index is 14.8. The lowest BCUT2D eigenvalue weighted by molar-refractivity contribution is -0.139. The van der Waals surface area contributed by atoms with Gasteiger partial charge in [-0.1, -0.05) is 17.4 Å². The smallest absolute Gasteiger partial charge is 0.406 e. The predicted octanol–water partition coefficient (Wildman–Crippen LogP) is 5.20. The molecule has 1 fully saturated rings.